The number of aliphatic hydroxyl groups excluding tert-OH is 1. The second-order valence-corrected chi connectivity index (χ2v) is 6.48. The lowest BCUT2D eigenvalue weighted by Gasteiger charge is -2.04. The first-order chi connectivity index (χ1) is 15.2. The Balaban J connectivity index is 0.000000456. The van der Waals surface area contributed by atoms with Gasteiger partial charge in [0.25, 0.3) is 0 Å². The van der Waals surface area contributed by atoms with E-state index >= 15 is 0 Å². The van der Waals surface area contributed by atoms with Gasteiger partial charge in [-0.2, -0.15) is 0 Å². The van der Waals surface area contributed by atoms with Gasteiger partial charge in [-0.3, -0.25) is 14.4 Å². The van der Waals surface area contributed by atoms with Crippen molar-refractivity contribution in [1.82, 2.24) is 5.32 Å². The molecule has 5 N–H and O–H groups in total. The van der Waals surface area contributed by atoms with Crippen LogP contribution in [0.2, 0.25) is 0 Å². The Morgan fingerprint density at radius 3 is 1.81 bits per heavy atom. The van der Waals surface area contributed by atoms with Crippen molar-refractivity contribution < 1.29 is 39.6 Å². The molecule has 0 aliphatic carbocycles. The third kappa shape index (κ3) is 14.4. The number of benzene rings is 2. The molecule has 9 heteroatoms. The van der Waals surface area contributed by atoms with Crippen molar-refractivity contribution in [3.05, 3.63) is 71.8 Å². The number of carboxylic acids is 3. The molecule has 0 saturated heterocycles. The topological polar surface area (TPSA) is 161 Å². The van der Waals surface area contributed by atoms with Crippen molar-refractivity contribution in [2.45, 2.75) is 25.7 Å². The van der Waals surface area contributed by atoms with Gasteiger partial charge in [-0.15, -0.1) is 0 Å². The zero-order chi connectivity index (χ0) is 24.4. The molecule has 0 spiro atoms. The standard InChI is InChI=1S/C9H8O3.C9H10O2.C5H11NO3/c10-8(9(11)12)6-7-4-2-1-3-5-7;1-7(9(10)11)8-5-3-2-4-6-8;7-4-3-6-2-1-5(8)9/h1-5H,6H2,(H,11,12);2-7H,1H3,(H,10,11);6-7H,1-4H2,(H,8,9). The molecule has 32 heavy (non-hydrogen) atoms. The Hall–Kier alpha value is -3.56. The minimum atomic E-state index is -1.38. The average molecular weight is 447 g/mol. The van der Waals surface area contributed by atoms with E-state index in [2.05, 4.69) is 5.32 Å². The quantitative estimate of drug-likeness (QED) is 0.270. The number of hydrogen-bond acceptors (Lipinski definition) is 6. The monoisotopic (exact) mass is 447 g/mol. The van der Waals surface area contributed by atoms with E-state index in [1.54, 1.807) is 31.2 Å². The predicted octanol–water partition coefficient (Wildman–Crippen LogP) is 1.80. The molecular formula is C23H29NO8. The maximum absolute atomic E-state index is 10.7. The van der Waals surface area contributed by atoms with Crippen LogP contribution in [0.3, 0.4) is 0 Å². The number of carbonyl (C=O) groups is 4. The summed E-state index contributed by atoms with van der Waals surface area (Å²) in [5.41, 5.74) is 1.57. The van der Waals surface area contributed by atoms with Crippen LogP contribution in [0.1, 0.15) is 30.4 Å². The number of hydrogen-bond donors (Lipinski definition) is 5. The second-order valence-electron chi connectivity index (χ2n) is 6.48. The Labute approximate surface area is 186 Å². The van der Waals surface area contributed by atoms with E-state index in [1.165, 1.54) is 0 Å². The van der Waals surface area contributed by atoms with Crippen molar-refractivity contribution in [3.8, 4) is 0 Å². The van der Waals surface area contributed by atoms with Crippen molar-refractivity contribution in [1.29, 1.82) is 0 Å². The van der Waals surface area contributed by atoms with E-state index < -0.39 is 29.6 Å². The third-order valence-electron chi connectivity index (χ3n) is 3.92. The minimum Gasteiger partial charge on any atom is -0.481 e. The van der Waals surface area contributed by atoms with Gasteiger partial charge in [0.1, 0.15) is 0 Å². The van der Waals surface area contributed by atoms with E-state index in [0.717, 1.165) is 11.1 Å². The first-order valence-electron chi connectivity index (χ1n) is 9.80. The number of aliphatic hydroxyl groups is 1. The highest BCUT2D eigenvalue weighted by molar-refractivity contribution is 6.33. The Morgan fingerprint density at radius 2 is 1.38 bits per heavy atom. The van der Waals surface area contributed by atoms with Gasteiger partial charge in [-0.05, 0) is 18.1 Å². The van der Waals surface area contributed by atoms with Crippen LogP contribution in [0.5, 0.6) is 0 Å². The number of ketones is 1. The fourth-order valence-corrected chi connectivity index (χ4v) is 2.14. The molecule has 0 aliphatic heterocycles. The summed E-state index contributed by atoms with van der Waals surface area (Å²) >= 11 is 0. The zero-order valence-corrected chi connectivity index (χ0v) is 17.8. The molecule has 2 aromatic rings. The number of aliphatic carboxylic acids is 3. The molecular weight excluding hydrogens is 418 g/mol. The lowest BCUT2D eigenvalue weighted by molar-refractivity contribution is -0.148. The minimum absolute atomic E-state index is 0.0316. The fourth-order valence-electron chi connectivity index (χ4n) is 2.14. The average Bonchev–Trinajstić information content (AvgIpc) is 2.78. The van der Waals surface area contributed by atoms with Gasteiger partial charge in [0.2, 0.25) is 5.78 Å². The molecule has 0 heterocycles. The van der Waals surface area contributed by atoms with Gasteiger partial charge in [-0.25, -0.2) is 4.79 Å². The van der Waals surface area contributed by atoms with Crippen molar-refractivity contribution in [2.75, 3.05) is 19.7 Å². The summed E-state index contributed by atoms with van der Waals surface area (Å²) in [5, 5.41) is 36.0. The van der Waals surface area contributed by atoms with Gasteiger partial charge in [-0.1, -0.05) is 60.7 Å². The van der Waals surface area contributed by atoms with Crippen LogP contribution < -0.4 is 5.32 Å². The van der Waals surface area contributed by atoms with Crippen LogP contribution in [0.25, 0.3) is 0 Å². The van der Waals surface area contributed by atoms with Gasteiger partial charge in [0.05, 0.1) is 18.9 Å². The largest absolute Gasteiger partial charge is 0.481 e. The maximum Gasteiger partial charge on any atom is 0.372 e. The fraction of sp³-hybridized carbons (Fsp3) is 0.304. The predicted molar refractivity (Wildman–Crippen MR) is 117 cm³/mol. The van der Waals surface area contributed by atoms with E-state index in [9.17, 15) is 19.2 Å². The third-order valence-corrected chi connectivity index (χ3v) is 3.92. The lowest BCUT2D eigenvalue weighted by atomic mass is 10.0. The molecule has 2 rings (SSSR count). The SMILES string of the molecule is CC(C(=O)O)c1ccccc1.O=C(O)C(=O)Cc1ccccc1.O=C(O)CCNCCO. The van der Waals surface area contributed by atoms with E-state index in [1.807, 2.05) is 36.4 Å². The molecule has 1 unspecified atom stereocenters. The molecule has 2 aromatic carbocycles. The van der Waals surface area contributed by atoms with E-state index in [0.29, 0.717) is 13.1 Å². The number of carbonyl (C=O) groups excluding carboxylic acids is 1. The molecule has 0 bridgehead atoms. The smallest absolute Gasteiger partial charge is 0.372 e. The Morgan fingerprint density at radius 1 is 0.844 bits per heavy atom. The van der Waals surface area contributed by atoms with Crippen LogP contribution >= 0.6 is 0 Å². The van der Waals surface area contributed by atoms with E-state index in [4.69, 9.17) is 20.4 Å². The summed E-state index contributed by atoms with van der Waals surface area (Å²) in [5.74, 6) is -4.16. The summed E-state index contributed by atoms with van der Waals surface area (Å²) in [7, 11) is 0. The van der Waals surface area contributed by atoms with Crippen LogP contribution in [-0.4, -0.2) is 63.8 Å². The zero-order valence-electron chi connectivity index (χ0n) is 17.8. The van der Waals surface area contributed by atoms with E-state index in [-0.39, 0.29) is 19.4 Å². The Kier molecular flexibility index (Phi) is 15.2. The van der Waals surface area contributed by atoms with Gasteiger partial charge in [0.15, 0.2) is 0 Å². The summed E-state index contributed by atoms with van der Waals surface area (Å²) in [6, 6.07) is 18.0. The number of rotatable bonds is 10. The first-order valence-corrected chi connectivity index (χ1v) is 9.80. The summed E-state index contributed by atoms with van der Waals surface area (Å²) < 4.78 is 0. The van der Waals surface area contributed by atoms with Crippen molar-refractivity contribution in [2.24, 2.45) is 0 Å². The maximum atomic E-state index is 10.7. The molecule has 0 saturated carbocycles. The van der Waals surface area contributed by atoms with Crippen LogP contribution in [0.15, 0.2) is 60.7 Å². The lowest BCUT2D eigenvalue weighted by Crippen LogP contribution is -2.21. The second kappa shape index (κ2) is 17.2. The number of Topliss-reactive ketones (excluding diaryl/α,β-unsaturated/α-hetero) is 1. The van der Waals surface area contributed by atoms with Crippen LogP contribution in [0, 0.1) is 0 Å². The molecule has 0 aromatic heterocycles. The normalized spacial score (nSPS) is 10.4. The van der Waals surface area contributed by atoms with Gasteiger partial charge in [0, 0.05) is 19.5 Å². The molecule has 174 valence electrons. The molecule has 0 radical (unpaired) electrons. The van der Waals surface area contributed by atoms with Crippen molar-refractivity contribution >= 4 is 23.7 Å². The highest BCUT2D eigenvalue weighted by Gasteiger charge is 2.12. The van der Waals surface area contributed by atoms with Gasteiger partial charge < -0.3 is 25.7 Å². The molecule has 0 aliphatic rings. The summed E-state index contributed by atoms with van der Waals surface area (Å²) in [4.78, 5) is 41.2. The summed E-state index contributed by atoms with van der Waals surface area (Å²) in [6.07, 6.45) is 0.0795. The molecule has 0 amide bonds. The molecule has 1 atom stereocenters. The highest BCUT2D eigenvalue weighted by Crippen LogP contribution is 2.13. The summed E-state index contributed by atoms with van der Waals surface area (Å²) in [6.45, 7) is 2.63. The highest BCUT2D eigenvalue weighted by atomic mass is 16.4. The van der Waals surface area contributed by atoms with Crippen LogP contribution in [0.4, 0.5) is 0 Å². The van der Waals surface area contributed by atoms with Crippen molar-refractivity contribution in [3.63, 3.8) is 0 Å². The molecule has 0 fully saturated rings. The molecule has 9 nitrogen and oxygen atoms in total. The van der Waals surface area contributed by atoms with Crippen LogP contribution in [-0.2, 0) is 25.6 Å². The first kappa shape index (κ1) is 28.4. The Bertz CT molecular complexity index is 824. The number of carboxylic acid groups (broad SMARTS) is 3. The number of nitrogens with one attached hydrogen (secondary N) is 1. The van der Waals surface area contributed by atoms with Gasteiger partial charge >= 0.3 is 17.9 Å².